The first kappa shape index (κ1) is 17.6. The van der Waals surface area contributed by atoms with Crippen molar-refractivity contribution >= 4 is 5.97 Å². The van der Waals surface area contributed by atoms with E-state index in [4.69, 9.17) is 9.47 Å². The molecule has 4 nitrogen and oxygen atoms in total. The zero-order valence-corrected chi connectivity index (χ0v) is 14.2. The van der Waals surface area contributed by atoms with Crippen LogP contribution in [0.4, 0.5) is 4.39 Å². The zero-order valence-electron chi connectivity index (χ0n) is 14.2. The van der Waals surface area contributed by atoms with Gasteiger partial charge < -0.3 is 9.47 Å². The van der Waals surface area contributed by atoms with E-state index in [1.54, 1.807) is 12.1 Å². The first-order valence-electron chi connectivity index (χ1n) is 8.35. The summed E-state index contributed by atoms with van der Waals surface area (Å²) >= 11 is 0. The highest BCUT2D eigenvalue weighted by molar-refractivity contribution is 5.89. The van der Waals surface area contributed by atoms with Crippen LogP contribution < -0.4 is 0 Å². The van der Waals surface area contributed by atoms with Gasteiger partial charge >= 0.3 is 5.97 Å². The van der Waals surface area contributed by atoms with Crippen molar-refractivity contribution in [1.29, 1.82) is 0 Å². The molecule has 0 aromatic heterocycles. The van der Waals surface area contributed by atoms with Crippen LogP contribution >= 0.6 is 0 Å². The summed E-state index contributed by atoms with van der Waals surface area (Å²) in [6.07, 6.45) is -0.660. The number of carbonyl (C=O) groups excluding carboxylic acids is 1. The molecule has 2 aromatic carbocycles. The number of morpholine rings is 1. The van der Waals surface area contributed by atoms with E-state index in [9.17, 15) is 9.18 Å². The second-order valence-electron chi connectivity index (χ2n) is 6.19. The van der Waals surface area contributed by atoms with Crippen LogP contribution in [0.15, 0.2) is 54.6 Å². The highest BCUT2D eigenvalue weighted by atomic mass is 19.1. The fourth-order valence-electron chi connectivity index (χ4n) is 3.11. The van der Waals surface area contributed by atoms with E-state index in [0.717, 1.165) is 12.1 Å². The Labute approximate surface area is 147 Å². The highest BCUT2D eigenvalue weighted by Crippen LogP contribution is 2.27. The van der Waals surface area contributed by atoms with Gasteiger partial charge in [0.1, 0.15) is 6.67 Å². The molecule has 0 spiro atoms. The van der Waals surface area contributed by atoms with Crippen molar-refractivity contribution in [2.24, 2.45) is 0 Å². The fraction of sp³-hybridized carbons (Fsp3) is 0.350. The summed E-state index contributed by atoms with van der Waals surface area (Å²) in [7, 11) is 1.35. The highest BCUT2D eigenvalue weighted by Gasteiger charge is 2.29. The van der Waals surface area contributed by atoms with Gasteiger partial charge in [-0.25, -0.2) is 9.18 Å². The maximum Gasteiger partial charge on any atom is 0.337 e. The first-order chi connectivity index (χ1) is 12.2. The van der Waals surface area contributed by atoms with Crippen LogP contribution in [0, 0.1) is 0 Å². The first-order valence-corrected chi connectivity index (χ1v) is 8.35. The lowest BCUT2D eigenvalue weighted by Crippen LogP contribution is -2.44. The molecule has 0 amide bonds. The van der Waals surface area contributed by atoms with Crippen molar-refractivity contribution in [2.75, 3.05) is 26.9 Å². The van der Waals surface area contributed by atoms with Gasteiger partial charge in [0, 0.05) is 19.6 Å². The van der Waals surface area contributed by atoms with Gasteiger partial charge in [0.15, 0.2) is 0 Å². The molecule has 1 heterocycles. The van der Waals surface area contributed by atoms with E-state index in [1.807, 2.05) is 30.3 Å². The fourth-order valence-corrected chi connectivity index (χ4v) is 3.11. The number of rotatable bonds is 5. The van der Waals surface area contributed by atoms with Crippen molar-refractivity contribution in [3.05, 3.63) is 71.3 Å². The van der Waals surface area contributed by atoms with E-state index in [-0.39, 0.29) is 12.1 Å². The van der Waals surface area contributed by atoms with Crippen molar-refractivity contribution in [2.45, 2.75) is 18.8 Å². The van der Waals surface area contributed by atoms with Crippen LogP contribution in [0.1, 0.15) is 27.6 Å². The number of benzene rings is 2. The van der Waals surface area contributed by atoms with Crippen LogP contribution in [-0.4, -0.2) is 43.8 Å². The van der Waals surface area contributed by atoms with E-state index in [0.29, 0.717) is 18.7 Å². The number of alkyl halides is 1. The number of nitrogens with zero attached hydrogens (tertiary/aromatic N) is 1. The average Bonchev–Trinajstić information content (AvgIpc) is 2.68. The molecule has 1 saturated heterocycles. The largest absolute Gasteiger partial charge is 0.465 e. The van der Waals surface area contributed by atoms with Crippen LogP contribution in [0.25, 0.3) is 0 Å². The molecule has 2 unspecified atom stereocenters. The molecule has 0 saturated carbocycles. The summed E-state index contributed by atoms with van der Waals surface area (Å²) < 4.78 is 23.9. The quantitative estimate of drug-likeness (QED) is 0.780. The third kappa shape index (κ3) is 4.44. The molecule has 132 valence electrons. The molecular formula is C20H22FNO3. The summed E-state index contributed by atoms with van der Waals surface area (Å²) in [5, 5.41) is 0. The number of methoxy groups -OCH3 is 1. The Kier molecular flexibility index (Phi) is 5.79. The lowest BCUT2D eigenvalue weighted by Gasteiger charge is -2.37. The van der Waals surface area contributed by atoms with Gasteiger partial charge in [0.25, 0.3) is 0 Å². The minimum absolute atomic E-state index is 0.218. The van der Waals surface area contributed by atoms with Crippen molar-refractivity contribution in [1.82, 2.24) is 4.90 Å². The van der Waals surface area contributed by atoms with Crippen molar-refractivity contribution in [3.8, 4) is 0 Å². The molecular weight excluding hydrogens is 321 g/mol. The molecule has 1 aliphatic rings. The molecule has 2 aromatic rings. The molecule has 2 atom stereocenters. The van der Waals surface area contributed by atoms with Crippen LogP contribution in [0.3, 0.4) is 0 Å². The number of halogens is 1. The standard InChI is InChI=1S/C20H22FNO3/c1-24-20(23)17-9-7-16(8-10-17)19-14-22(13-18(11-21)25-19)12-15-5-3-2-4-6-15/h2-10,18-19H,11-14H2,1H3. The summed E-state index contributed by atoms with van der Waals surface area (Å²) in [5.41, 5.74) is 2.62. The second kappa shape index (κ2) is 8.23. The molecule has 0 radical (unpaired) electrons. The topological polar surface area (TPSA) is 38.8 Å². The number of carbonyl (C=O) groups is 1. The van der Waals surface area contributed by atoms with Gasteiger partial charge in [-0.1, -0.05) is 42.5 Å². The summed E-state index contributed by atoms with van der Waals surface area (Å²) in [4.78, 5) is 13.8. The number of hydrogen-bond donors (Lipinski definition) is 0. The predicted molar refractivity (Wildman–Crippen MR) is 93.1 cm³/mol. The van der Waals surface area contributed by atoms with Gasteiger partial charge in [0.2, 0.25) is 0 Å². The average molecular weight is 343 g/mol. The number of hydrogen-bond acceptors (Lipinski definition) is 4. The third-order valence-electron chi connectivity index (χ3n) is 4.37. The minimum atomic E-state index is -0.512. The Hall–Kier alpha value is -2.24. The smallest absolute Gasteiger partial charge is 0.337 e. The minimum Gasteiger partial charge on any atom is -0.465 e. The van der Waals surface area contributed by atoms with Crippen molar-refractivity contribution < 1.29 is 18.7 Å². The van der Waals surface area contributed by atoms with Gasteiger partial charge in [-0.3, -0.25) is 4.90 Å². The molecule has 25 heavy (non-hydrogen) atoms. The van der Waals surface area contributed by atoms with E-state index >= 15 is 0 Å². The van der Waals surface area contributed by atoms with Gasteiger partial charge in [-0.15, -0.1) is 0 Å². The van der Waals surface area contributed by atoms with E-state index < -0.39 is 12.8 Å². The lowest BCUT2D eigenvalue weighted by atomic mass is 10.0. The third-order valence-corrected chi connectivity index (χ3v) is 4.37. The van der Waals surface area contributed by atoms with Gasteiger partial charge in [0.05, 0.1) is 24.9 Å². The maximum absolute atomic E-state index is 13.3. The Morgan fingerprint density at radius 3 is 2.52 bits per heavy atom. The second-order valence-corrected chi connectivity index (χ2v) is 6.19. The van der Waals surface area contributed by atoms with Crippen LogP contribution in [0.5, 0.6) is 0 Å². The normalized spacial score (nSPS) is 21.0. The molecule has 3 rings (SSSR count). The summed E-state index contributed by atoms with van der Waals surface area (Å²) in [5.74, 6) is -0.372. The van der Waals surface area contributed by atoms with Crippen LogP contribution in [0.2, 0.25) is 0 Å². The maximum atomic E-state index is 13.3. The Morgan fingerprint density at radius 1 is 1.16 bits per heavy atom. The van der Waals surface area contributed by atoms with Gasteiger partial charge in [-0.2, -0.15) is 0 Å². The Morgan fingerprint density at radius 2 is 1.88 bits per heavy atom. The zero-order chi connectivity index (χ0) is 17.6. The molecule has 1 fully saturated rings. The summed E-state index contributed by atoms with van der Waals surface area (Å²) in [6.45, 7) is 1.50. The predicted octanol–water partition coefficient (Wildman–Crippen LogP) is 3.38. The Bertz CT molecular complexity index is 690. The SMILES string of the molecule is COC(=O)c1ccc(C2CN(Cc3ccccc3)CC(CF)O2)cc1. The van der Waals surface area contributed by atoms with Crippen LogP contribution in [-0.2, 0) is 16.0 Å². The van der Waals surface area contributed by atoms with Gasteiger partial charge in [-0.05, 0) is 23.3 Å². The molecule has 0 aliphatic carbocycles. The molecule has 5 heteroatoms. The number of esters is 1. The monoisotopic (exact) mass is 343 g/mol. The molecule has 0 bridgehead atoms. The van der Waals surface area contributed by atoms with E-state index in [2.05, 4.69) is 17.0 Å². The lowest BCUT2D eigenvalue weighted by molar-refractivity contribution is -0.0969. The number of ether oxygens (including phenoxy) is 2. The van der Waals surface area contributed by atoms with E-state index in [1.165, 1.54) is 12.7 Å². The molecule has 0 N–H and O–H groups in total. The Balaban J connectivity index is 1.72. The molecule has 1 aliphatic heterocycles. The summed E-state index contributed by atoms with van der Waals surface area (Å²) in [6, 6.07) is 17.3. The van der Waals surface area contributed by atoms with Crippen molar-refractivity contribution in [3.63, 3.8) is 0 Å².